The molecule has 0 saturated carbocycles. The number of aliphatic carboxylic acids is 1. The average molecular weight is 343 g/mol. The van der Waals surface area contributed by atoms with Crippen LogP contribution in [0.3, 0.4) is 0 Å². The number of hydrogen-bond acceptors (Lipinski definition) is 3. The standard InChI is InChI=1S/C19H25N3O3/c1-12(2)18-17(13(3)21-22-18)19(25)20-15(9-10-16(23)24)11-14-7-5-4-6-8-14/h4-8,12,15H,9-11H2,1-3H3,(H,20,25)(H,21,22)(H,23,24). The highest BCUT2D eigenvalue weighted by Gasteiger charge is 2.23. The molecule has 134 valence electrons. The summed E-state index contributed by atoms with van der Waals surface area (Å²) in [5.41, 5.74) is 3.07. The number of carboxylic acid groups (broad SMARTS) is 1. The van der Waals surface area contributed by atoms with Crippen molar-refractivity contribution in [2.45, 2.75) is 52.0 Å². The summed E-state index contributed by atoms with van der Waals surface area (Å²) in [6, 6.07) is 9.49. The Labute approximate surface area is 147 Å². The van der Waals surface area contributed by atoms with Crippen molar-refractivity contribution in [3.63, 3.8) is 0 Å². The summed E-state index contributed by atoms with van der Waals surface area (Å²) in [7, 11) is 0. The number of carbonyl (C=O) groups is 2. The van der Waals surface area contributed by atoms with Gasteiger partial charge >= 0.3 is 5.97 Å². The average Bonchev–Trinajstić information content (AvgIpc) is 2.95. The zero-order valence-electron chi connectivity index (χ0n) is 14.9. The van der Waals surface area contributed by atoms with Gasteiger partial charge in [-0.1, -0.05) is 44.2 Å². The SMILES string of the molecule is Cc1[nH]nc(C(C)C)c1C(=O)NC(CCC(=O)O)Cc1ccccc1. The third kappa shape index (κ3) is 5.17. The number of carbonyl (C=O) groups excluding carboxylic acids is 1. The lowest BCUT2D eigenvalue weighted by Crippen LogP contribution is -2.37. The van der Waals surface area contributed by atoms with Gasteiger partial charge in [-0.15, -0.1) is 0 Å². The highest BCUT2D eigenvalue weighted by Crippen LogP contribution is 2.20. The van der Waals surface area contributed by atoms with Crippen LogP contribution in [0.1, 0.15) is 59.9 Å². The first-order chi connectivity index (χ1) is 11.9. The van der Waals surface area contributed by atoms with Crippen LogP contribution in [0, 0.1) is 6.92 Å². The fourth-order valence-electron chi connectivity index (χ4n) is 2.83. The third-order valence-corrected chi connectivity index (χ3v) is 4.12. The molecular weight excluding hydrogens is 318 g/mol. The number of benzene rings is 1. The zero-order valence-corrected chi connectivity index (χ0v) is 14.9. The number of nitrogens with one attached hydrogen (secondary N) is 2. The molecule has 1 aromatic heterocycles. The molecular formula is C19H25N3O3. The topological polar surface area (TPSA) is 95.1 Å². The summed E-state index contributed by atoms with van der Waals surface area (Å²) in [6.07, 6.45) is 0.983. The predicted molar refractivity (Wildman–Crippen MR) is 95.7 cm³/mol. The van der Waals surface area contributed by atoms with Crippen LogP contribution in [-0.2, 0) is 11.2 Å². The molecule has 2 aromatic rings. The highest BCUT2D eigenvalue weighted by atomic mass is 16.4. The van der Waals surface area contributed by atoms with Gasteiger partial charge < -0.3 is 10.4 Å². The van der Waals surface area contributed by atoms with Crippen LogP contribution in [0.4, 0.5) is 0 Å². The van der Waals surface area contributed by atoms with Crippen molar-refractivity contribution in [2.75, 3.05) is 0 Å². The molecule has 6 nitrogen and oxygen atoms in total. The van der Waals surface area contributed by atoms with Gasteiger partial charge in [-0.2, -0.15) is 5.10 Å². The van der Waals surface area contributed by atoms with Crippen LogP contribution in [0.2, 0.25) is 0 Å². The molecule has 0 saturated heterocycles. The minimum atomic E-state index is -0.866. The Hall–Kier alpha value is -2.63. The minimum Gasteiger partial charge on any atom is -0.481 e. The molecule has 1 atom stereocenters. The van der Waals surface area contributed by atoms with E-state index in [4.69, 9.17) is 5.11 Å². The molecule has 0 aliphatic rings. The summed E-state index contributed by atoms with van der Waals surface area (Å²) in [6.45, 7) is 5.79. The molecule has 0 fully saturated rings. The fraction of sp³-hybridized carbons (Fsp3) is 0.421. The van der Waals surface area contributed by atoms with Gasteiger partial charge in [-0.25, -0.2) is 0 Å². The largest absolute Gasteiger partial charge is 0.481 e. The van der Waals surface area contributed by atoms with Crippen molar-refractivity contribution >= 4 is 11.9 Å². The van der Waals surface area contributed by atoms with E-state index in [2.05, 4.69) is 15.5 Å². The van der Waals surface area contributed by atoms with Gasteiger partial charge in [0, 0.05) is 18.2 Å². The first-order valence-corrected chi connectivity index (χ1v) is 8.50. The normalized spacial score (nSPS) is 12.2. The van der Waals surface area contributed by atoms with Crippen molar-refractivity contribution in [2.24, 2.45) is 0 Å². The Bertz CT molecular complexity index is 723. The van der Waals surface area contributed by atoms with E-state index in [1.54, 1.807) is 0 Å². The van der Waals surface area contributed by atoms with Crippen molar-refractivity contribution in [3.8, 4) is 0 Å². The summed E-state index contributed by atoms with van der Waals surface area (Å²) >= 11 is 0. The predicted octanol–water partition coefficient (Wildman–Crippen LogP) is 3.05. The van der Waals surface area contributed by atoms with Gasteiger partial charge in [0.2, 0.25) is 0 Å². The fourth-order valence-corrected chi connectivity index (χ4v) is 2.83. The maximum absolute atomic E-state index is 12.8. The van der Waals surface area contributed by atoms with E-state index < -0.39 is 5.97 Å². The lowest BCUT2D eigenvalue weighted by Gasteiger charge is -2.19. The van der Waals surface area contributed by atoms with Crippen LogP contribution >= 0.6 is 0 Å². The van der Waals surface area contributed by atoms with Gasteiger partial charge in [0.25, 0.3) is 5.91 Å². The zero-order chi connectivity index (χ0) is 18.4. The molecule has 3 N–H and O–H groups in total. The summed E-state index contributed by atoms with van der Waals surface area (Å²) in [5, 5.41) is 19.1. The van der Waals surface area contributed by atoms with E-state index >= 15 is 0 Å². The van der Waals surface area contributed by atoms with Crippen molar-refractivity contribution in [1.29, 1.82) is 0 Å². The highest BCUT2D eigenvalue weighted by molar-refractivity contribution is 5.96. The van der Waals surface area contributed by atoms with Crippen LogP contribution in [-0.4, -0.2) is 33.2 Å². The number of amides is 1. The number of carboxylic acids is 1. The van der Waals surface area contributed by atoms with Crippen molar-refractivity contribution in [3.05, 3.63) is 52.8 Å². The molecule has 0 bridgehead atoms. The van der Waals surface area contributed by atoms with E-state index in [0.29, 0.717) is 18.4 Å². The van der Waals surface area contributed by atoms with Crippen molar-refractivity contribution < 1.29 is 14.7 Å². The van der Waals surface area contributed by atoms with Crippen LogP contribution < -0.4 is 5.32 Å². The Morgan fingerprint density at radius 3 is 2.52 bits per heavy atom. The molecule has 0 radical (unpaired) electrons. The molecule has 1 heterocycles. The van der Waals surface area contributed by atoms with Gasteiger partial charge in [0.1, 0.15) is 0 Å². The number of aromatic amines is 1. The van der Waals surface area contributed by atoms with Crippen molar-refractivity contribution in [1.82, 2.24) is 15.5 Å². The quantitative estimate of drug-likeness (QED) is 0.686. The van der Waals surface area contributed by atoms with Gasteiger partial charge in [0.15, 0.2) is 0 Å². The summed E-state index contributed by atoms with van der Waals surface area (Å²) in [4.78, 5) is 23.7. The Morgan fingerprint density at radius 2 is 1.92 bits per heavy atom. The Balaban J connectivity index is 2.16. The van der Waals surface area contributed by atoms with Gasteiger partial charge in [-0.05, 0) is 31.2 Å². The van der Waals surface area contributed by atoms with E-state index in [1.807, 2.05) is 51.1 Å². The smallest absolute Gasteiger partial charge is 0.303 e. The van der Waals surface area contributed by atoms with Crippen LogP contribution in [0.5, 0.6) is 0 Å². The number of nitrogens with zero attached hydrogens (tertiary/aromatic N) is 1. The lowest BCUT2D eigenvalue weighted by molar-refractivity contribution is -0.137. The maximum Gasteiger partial charge on any atom is 0.303 e. The first kappa shape index (κ1) is 18.7. The third-order valence-electron chi connectivity index (χ3n) is 4.12. The van der Waals surface area contributed by atoms with Gasteiger partial charge in [-0.3, -0.25) is 14.7 Å². The maximum atomic E-state index is 12.8. The number of hydrogen-bond donors (Lipinski definition) is 3. The molecule has 0 spiro atoms. The molecule has 1 aromatic carbocycles. The minimum absolute atomic E-state index is 0.0131. The number of rotatable bonds is 8. The van der Waals surface area contributed by atoms with Crippen LogP contribution in [0.15, 0.2) is 30.3 Å². The summed E-state index contributed by atoms with van der Waals surface area (Å²) < 4.78 is 0. The molecule has 25 heavy (non-hydrogen) atoms. The second kappa shape index (κ2) is 8.46. The molecule has 2 rings (SSSR count). The number of aryl methyl sites for hydroxylation is 1. The number of H-pyrrole nitrogens is 1. The van der Waals surface area contributed by atoms with E-state index in [9.17, 15) is 9.59 Å². The Morgan fingerprint density at radius 1 is 1.24 bits per heavy atom. The van der Waals surface area contributed by atoms with Crippen LogP contribution in [0.25, 0.3) is 0 Å². The summed E-state index contributed by atoms with van der Waals surface area (Å²) in [5.74, 6) is -0.951. The monoisotopic (exact) mass is 343 g/mol. The Kier molecular flexibility index (Phi) is 6.33. The molecule has 0 aliphatic carbocycles. The molecule has 0 aliphatic heterocycles. The van der Waals surface area contributed by atoms with E-state index in [0.717, 1.165) is 17.0 Å². The van der Waals surface area contributed by atoms with E-state index in [-0.39, 0.29) is 24.3 Å². The van der Waals surface area contributed by atoms with E-state index in [1.165, 1.54) is 0 Å². The molecule has 1 unspecified atom stereocenters. The second-order valence-corrected chi connectivity index (χ2v) is 6.56. The van der Waals surface area contributed by atoms with Gasteiger partial charge in [0.05, 0.1) is 11.3 Å². The lowest BCUT2D eigenvalue weighted by atomic mass is 9.99. The number of aromatic nitrogens is 2. The molecule has 1 amide bonds. The first-order valence-electron chi connectivity index (χ1n) is 8.50. The second-order valence-electron chi connectivity index (χ2n) is 6.56. The molecule has 6 heteroatoms.